The summed E-state index contributed by atoms with van der Waals surface area (Å²) < 4.78 is 5.10. The molecule has 0 bridgehead atoms. The van der Waals surface area contributed by atoms with Gasteiger partial charge in [0.1, 0.15) is 11.3 Å². The highest BCUT2D eigenvalue weighted by Crippen LogP contribution is 2.21. The lowest BCUT2D eigenvalue weighted by molar-refractivity contribution is 0.0948. The van der Waals surface area contributed by atoms with E-state index in [9.17, 15) is 4.79 Å². The molecule has 1 amide bonds. The van der Waals surface area contributed by atoms with Crippen molar-refractivity contribution >= 4 is 29.1 Å². The zero-order valence-corrected chi connectivity index (χ0v) is 12.7. The fourth-order valence-electron chi connectivity index (χ4n) is 1.88. The molecule has 0 saturated heterocycles. The molecule has 1 aromatic heterocycles. The minimum absolute atomic E-state index is 0.216. The monoisotopic (exact) mass is 312 g/mol. The lowest BCUT2D eigenvalue weighted by Crippen LogP contribution is -2.24. The molecule has 2 aromatic rings. The maximum atomic E-state index is 12.2. The van der Waals surface area contributed by atoms with Crippen LogP contribution in [0.2, 0.25) is 10.0 Å². The van der Waals surface area contributed by atoms with Crippen molar-refractivity contribution in [3.63, 3.8) is 0 Å². The van der Waals surface area contributed by atoms with Gasteiger partial charge in [-0.1, -0.05) is 41.3 Å². The molecule has 0 fully saturated rings. The fourth-order valence-corrected chi connectivity index (χ4v) is 2.35. The van der Waals surface area contributed by atoms with Crippen LogP contribution in [0.5, 0.6) is 0 Å². The van der Waals surface area contributed by atoms with Crippen LogP contribution in [0.15, 0.2) is 22.7 Å². The number of nitrogens with one attached hydrogen (secondary N) is 1. The number of aryl methyl sites for hydroxylation is 2. The molecule has 0 radical (unpaired) electrons. The third-order valence-corrected chi connectivity index (χ3v) is 3.52. The maximum Gasteiger partial charge on any atom is 0.257 e. The predicted molar refractivity (Wildman–Crippen MR) is 78.3 cm³/mol. The van der Waals surface area contributed by atoms with Crippen LogP contribution in [0.3, 0.4) is 0 Å². The number of amides is 1. The summed E-state index contributed by atoms with van der Waals surface area (Å²) in [4.78, 5) is 12.2. The highest BCUT2D eigenvalue weighted by molar-refractivity contribution is 6.35. The van der Waals surface area contributed by atoms with Crippen LogP contribution in [0.1, 0.15) is 34.3 Å². The molecular weight excluding hydrogens is 299 g/mol. The van der Waals surface area contributed by atoms with E-state index in [-0.39, 0.29) is 5.91 Å². The fraction of sp³-hybridized carbons (Fsp3) is 0.286. The Kier molecular flexibility index (Phi) is 4.68. The first-order valence-electron chi connectivity index (χ1n) is 6.20. The number of nitrogens with zero attached hydrogens (tertiary/aromatic N) is 1. The van der Waals surface area contributed by atoms with Gasteiger partial charge in [-0.2, -0.15) is 0 Å². The van der Waals surface area contributed by atoms with E-state index in [2.05, 4.69) is 10.5 Å². The van der Waals surface area contributed by atoms with Gasteiger partial charge in [-0.3, -0.25) is 4.79 Å². The third kappa shape index (κ3) is 3.14. The smallest absolute Gasteiger partial charge is 0.257 e. The number of carbonyl (C=O) groups is 1. The molecule has 1 N–H and O–H groups in total. The zero-order chi connectivity index (χ0) is 14.7. The summed E-state index contributed by atoms with van der Waals surface area (Å²) in [5.41, 5.74) is 1.88. The second kappa shape index (κ2) is 6.29. The molecule has 0 atom stereocenters. The molecule has 0 saturated carbocycles. The quantitative estimate of drug-likeness (QED) is 0.934. The molecule has 0 aliphatic carbocycles. The maximum absolute atomic E-state index is 12.2. The van der Waals surface area contributed by atoms with Crippen molar-refractivity contribution in [1.29, 1.82) is 0 Å². The predicted octanol–water partition coefficient (Wildman–Crippen LogP) is 3.78. The average Bonchev–Trinajstić information content (AvgIpc) is 2.78. The summed E-state index contributed by atoms with van der Waals surface area (Å²) in [6.45, 7) is 3.97. The Morgan fingerprint density at radius 2 is 2.15 bits per heavy atom. The summed E-state index contributed by atoms with van der Waals surface area (Å²) in [5, 5.41) is 7.71. The molecule has 106 valence electrons. The van der Waals surface area contributed by atoms with Gasteiger partial charge in [0.2, 0.25) is 0 Å². The molecule has 0 unspecified atom stereocenters. The lowest BCUT2D eigenvalue weighted by Gasteiger charge is -2.07. The first kappa shape index (κ1) is 14.9. The first-order valence-corrected chi connectivity index (χ1v) is 6.95. The van der Waals surface area contributed by atoms with Gasteiger partial charge < -0.3 is 9.84 Å². The van der Waals surface area contributed by atoms with Crippen LogP contribution in [0.25, 0.3) is 0 Å². The van der Waals surface area contributed by atoms with E-state index in [1.54, 1.807) is 25.1 Å². The van der Waals surface area contributed by atoms with Crippen molar-refractivity contribution < 1.29 is 9.32 Å². The average molecular weight is 313 g/mol. The largest absolute Gasteiger partial charge is 0.360 e. The molecule has 4 nitrogen and oxygen atoms in total. The second-order valence-electron chi connectivity index (χ2n) is 4.34. The highest BCUT2D eigenvalue weighted by atomic mass is 35.5. The normalized spacial score (nSPS) is 10.6. The first-order chi connectivity index (χ1) is 9.52. The molecule has 1 heterocycles. The van der Waals surface area contributed by atoms with Gasteiger partial charge in [-0.15, -0.1) is 0 Å². The van der Waals surface area contributed by atoms with E-state index in [0.717, 1.165) is 5.56 Å². The van der Waals surface area contributed by atoms with Gasteiger partial charge in [-0.05, 0) is 24.6 Å². The molecule has 0 spiro atoms. The van der Waals surface area contributed by atoms with Gasteiger partial charge >= 0.3 is 0 Å². The van der Waals surface area contributed by atoms with Gasteiger partial charge in [0.15, 0.2) is 0 Å². The SMILES string of the molecule is CCc1onc(C)c1C(=O)NCc1ccc(Cl)cc1Cl. The van der Waals surface area contributed by atoms with Crippen molar-refractivity contribution in [1.82, 2.24) is 10.5 Å². The highest BCUT2D eigenvalue weighted by Gasteiger charge is 2.19. The van der Waals surface area contributed by atoms with Crippen LogP contribution in [-0.2, 0) is 13.0 Å². The van der Waals surface area contributed by atoms with Gasteiger partial charge in [0.05, 0.1) is 5.69 Å². The summed E-state index contributed by atoms with van der Waals surface area (Å²) in [6, 6.07) is 5.16. The van der Waals surface area contributed by atoms with E-state index < -0.39 is 0 Å². The number of halogens is 2. The van der Waals surface area contributed by atoms with Crippen molar-refractivity contribution in [2.75, 3.05) is 0 Å². The molecule has 6 heteroatoms. The Morgan fingerprint density at radius 1 is 1.40 bits per heavy atom. The van der Waals surface area contributed by atoms with E-state index in [1.165, 1.54) is 0 Å². The molecule has 0 aliphatic heterocycles. The standard InChI is InChI=1S/C14H14Cl2N2O2/c1-3-12-13(8(2)18-20-12)14(19)17-7-9-4-5-10(15)6-11(9)16/h4-6H,3,7H2,1-2H3,(H,17,19). The number of aromatic nitrogens is 1. The van der Waals surface area contributed by atoms with E-state index in [4.69, 9.17) is 27.7 Å². The third-order valence-electron chi connectivity index (χ3n) is 2.94. The van der Waals surface area contributed by atoms with Crippen molar-refractivity contribution in [3.8, 4) is 0 Å². The molecule has 20 heavy (non-hydrogen) atoms. The topological polar surface area (TPSA) is 55.1 Å². The Balaban J connectivity index is 2.10. The van der Waals surface area contributed by atoms with E-state index >= 15 is 0 Å². The number of hydrogen-bond acceptors (Lipinski definition) is 3. The number of rotatable bonds is 4. The molecule has 0 aliphatic rings. The Hall–Kier alpha value is -1.52. The number of hydrogen-bond donors (Lipinski definition) is 1. The van der Waals surface area contributed by atoms with Crippen LogP contribution >= 0.6 is 23.2 Å². The van der Waals surface area contributed by atoms with E-state index in [1.807, 2.05) is 6.92 Å². The van der Waals surface area contributed by atoms with Crippen molar-refractivity contribution in [2.24, 2.45) is 0 Å². The van der Waals surface area contributed by atoms with Gasteiger partial charge in [0.25, 0.3) is 5.91 Å². The van der Waals surface area contributed by atoms with Crippen LogP contribution < -0.4 is 5.32 Å². The van der Waals surface area contributed by atoms with Crippen LogP contribution in [0, 0.1) is 6.92 Å². The summed E-state index contributed by atoms with van der Waals surface area (Å²) in [5.74, 6) is 0.369. The van der Waals surface area contributed by atoms with Crippen molar-refractivity contribution in [2.45, 2.75) is 26.8 Å². The number of carbonyl (C=O) groups excluding carboxylic acids is 1. The Labute approximate surface area is 127 Å². The lowest BCUT2D eigenvalue weighted by atomic mass is 10.1. The molecular formula is C14H14Cl2N2O2. The Morgan fingerprint density at radius 3 is 2.80 bits per heavy atom. The summed E-state index contributed by atoms with van der Waals surface area (Å²) in [6.07, 6.45) is 0.616. The van der Waals surface area contributed by atoms with Gasteiger partial charge in [-0.25, -0.2) is 0 Å². The second-order valence-corrected chi connectivity index (χ2v) is 5.18. The minimum Gasteiger partial charge on any atom is -0.360 e. The molecule has 1 aromatic carbocycles. The Bertz CT molecular complexity index is 638. The number of benzene rings is 1. The summed E-state index contributed by atoms with van der Waals surface area (Å²) in [7, 11) is 0. The zero-order valence-electron chi connectivity index (χ0n) is 11.2. The minimum atomic E-state index is -0.216. The molecule has 2 rings (SSSR count). The van der Waals surface area contributed by atoms with Gasteiger partial charge in [0, 0.05) is 23.0 Å². The van der Waals surface area contributed by atoms with Crippen LogP contribution in [-0.4, -0.2) is 11.1 Å². The summed E-state index contributed by atoms with van der Waals surface area (Å²) >= 11 is 11.9. The van der Waals surface area contributed by atoms with E-state index in [0.29, 0.717) is 40.0 Å². The van der Waals surface area contributed by atoms with Crippen molar-refractivity contribution in [3.05, 3.63) is 50.8 Å². The van der Waals surface area contributed by atoms with Crippen LogP contribution in [0.4, 0.5) is 0 Å².